The number of hydrogen-bond donors (Lipinski definition) is 2. The van der Waals surface area contributed by atoms with Gasteiger partial charge in [-0.3, -0.25) is 9.59 Å². The smallest absolute Gasteiger partial charge is 0.260 e. The summed E-state index contributed by atoms with van der Waals surface area (Å²) in [6, 6.07) is 7.33. The fourth-order valence-corrected chi connectivity index (χ4v) is 3.06. The van der Waals surface area contributed by atoms with Crippen molar-refractivity contribution in [1.82, 2.24) is 10.2 Å². The van der Waals surface area contributed by atoms with Gasteiger partial charge in [-0.25, -0.2) is 0 Å². The van der Waals surface area contributed by atoms with Gasteiger partial charge in [-0.15, -0.1) is 12.4 Å². The quantitative estimate of drug-likeness (QED) is 0.659. The third-order valence-corrected chi connectivity index (χ3v) is 4.35. The molecule has 0 spiro atoms. The Bertz CT molecular complexity index is 600. The van der Waals surface area contributed by atoms with E-state index in [1.165, 1.54) is 0 Å². The highest BCUT2D eigenvalue weighted by Gasteiger charge is 2.27. The zero-order valence-corrected chi connectivity index (χ0v) is 16.6. The predicted molar refractivity (Wildman–Crippen MR) is 106 cm³/mol. The Morgan fingerprint density at radius 3 is 2.59 bits per heavy atom. The van der Waals surface area contributed by atoms with Crippen LogP contribution in [0, 0.1) is 0 Å². The van der Waals surface area contributed by atoms with Gasteiger partial charge in [0, 0.05) is 32.1 Å². The number of carbonyl (C=O) groups is 2. The van der Waals surface area contributed by atoms with Crippen molar-refractivity contribution in [2.24, 2.45) is 5.73 Å². The number of likely N-dealkylation sites (tertiary alicyclic amines) is 1. The van der Waals surface area contributed by atoms with Crippen molar-refractivity contribution in [1.29, 1.82) is 0 Å². The van der Waals surface area contributed by atoms with E-state index in [0.29, 0.717) is 44.2 Å². The van der Waals surface area contributed by atoms with E-state index in [2.05, 4.69) is 5.32 Å². The van der Waals surface area contributed by atoms with Crippen molar-refractivity contribution in [2.75, 3.05) is 32.8 Å². The van der Waals surface area contributed by atoms with Crippen LogP contribution in [0.4, 0.5) is 0 Å². The van der Waals surface area contributed by atoms with Crippen LogP contribution in [-0.2, 0) is 9.59 Å². The fourth-order valence-electron chi connectivity index (χ4n) is 3.06. The average molecular weight is 400 g/mol. The lowest BCUT2D eigenvalue weighted by atomic mass is 10.0. The number of benzene rings is 1. The van der Waals surface area contributed by atoms with Gasteiger partial charge in [-0.1, -0.05) is 12.1 Å². The van der Waals surface area contributed by atoms with E-state index >= 15 is 0 Å². The van der Waals surface area contributed by atoms with Crippen LogP contribution in [-0.4, -0.2) is 55.6 Å². The number of amides is 2. The largest absolute Gasteiger partial charge is 0.490 e. The number of nitrogens with one attached hydrogen (secondary N) is 1. The van der Waals surface area contributed by atoms with E-state index < -0.39 is 0 Å². The molecule has 0 bridgehead atoms. The Kier molecular flexibility index (Phi) is 10.6. The summed E-state index contributed by atoms with van der Waals surface area (Å²) in [4.78, 5) is 26.1. The summed E-state index contributed by atoms with van der Waals surface area (Å²) < 4.78 is 11.2. The summed E-state index contributed by atoms with van der Waals surface area (Å²) in [5.41, 5.74) is 5.39. The van der Waals surface area contributed by atoms with E-state index in [9.17, 15) is 9.59 Å². The predicted octanol–water partition coefficient (Wildman–Crippen LogP) is 1.73. The van der Waals surface area contributed by atoms with Gasteiger partial charge < -0.3 is 25.4 Å². The van der Waals surface area contributed by atoms with Crippen molar-refractivity contribution in [3.05, 3.63) is 24.3 Å². The number of para-hydroxylation sites is 2. The lowest BCUT2D eigenvalue weighted by Crippen LogP contribution is -2.50. The van der Waals surface area contributed by atoms with E-state index in [1.807, 2.05) is 30.0 Å². The Hall–Kier alpha value is -1.99. The Balaban J connectivity index is 0.00000364. The summed E-state index contributed by atoms with van der Waals surface area (Å²) in [5, 5.41) is 2.86. The van der Waals surface area contributed by atoms with Gasteiger partial charge in [0.1, 0.15) is 0 Å². The zero-order valence-electron chi connectivity index (χ0n) is 15.8. The zero-order chi connectivity index (χ0) is 18.8. The molecule has 2 rings (SSSR count). The molecule has 0 saturated carbocycles. The third-order valence-electron chi connectivity index (χ3n) is 4.35. The van der Waals surface area contributed by atoms with Crippen LogP contribution < -0.4 is 20.5 Å². The summed E-state index contributed by atoms with van der Waals surface area (Å²) in [7, 11) is 0. The SMILES string of the molecule is CCOc1ccccc1OCC(=O)N1CCCCC1CNC(=O)CCN.Cl. The summed E-state index contributed by atoms with van der Waals surface area (Å²) in [6.45, 7) is 3.86. The minimum Gasteiger partial charge on any atom is -0.490 e. The van der Waals surface area contributed by atoms with Gasteiger partial charge in [0.25, 0.3) is 5.91 Å². The molecule has 1 aromatic carbocycles. The normalized spacial score (nSPS) is 16.2. The number of rotatable bonds is 9. The minimum absolute atomic E-state index is 0. The molecule has 7 nitrogen and oxygen atoms in total. The number of nitrogens with two attached hydrogens (primary N) is 1. The highest BCUT2D eigenvalue weighted by Crippen LogP contribution is 2.26. The lowest BCUT2D eigenvalue weighted by molar-refractivity contribution is -0.137. The average Bonchev–Trinajstić information content (AvgIpc) is 2.66. The molecule has 2 amide bonds. The van der Waals surface area contributed by atoms with Crippen molar-refractivity contribution >= 4 is 24.2 Å². The van der Waals surface area contributed by atoms with Gasteiger partial charge in [-0.05, 0) is 38.3 Å². The van der Waals surface area contributed by atoms with Crippen molar-refractivity contribution in [2.45, 2.75) is 38.6 Å². The second kappa shape index (κ2) is 12.4. The van der Waals surface area contributed by atoms with Crippen LogP contribution in [0.5, 0.6) is 11.5 Å². The Labute approximate surface area is 167 Å². The van der Waals surface area contributed by atoms with Crippen LogP contribution in [0.2, 0.25) is 0 Å². The number of carbonyl (C=O) groups excluding carboxylic acids is 2. The molecule has 27 heavy (non-hydrogen) atoms. The minimum atomic E-state index is -0.0765. The topological polar surface area (TPSA) is 93.9 Å². The molecule has 0 aliphatic carbocycles. The number of halogens is 1. The van der Waals surface area contributed by atoms with E-state index in [0.717, 1.165) is 19.3 Å². The first-order valence-electron chi connectivity index (χ1n) is 9.26. The second-order valence-electron chi connectivity index (χ2n) is 6.25. The molecule has 1 atom stereocenters. The number of hydrogen-bond acceptors (Lipinski definition) is 5. The standard InChI is InChI=1S/C19H29N3O4.ClH/c1-2-25-16-8-3-4-9-17(16)26-14-19(24)22-12-6-5-7-15(22)13-21-18(23)10-11-20;/h3-4,8-9,15H,2,5-7,10-14,20H2,1H3,(H,21,23);1H. The first-order chi connectivity index (χ1) is 12.7. The monoisotopic (exact) mass is 399 g/mol. The maximum absolute atomic E-state index is 12.6. The molecule has 1 aliphatic rings. The first kappa shape index (κ1) is 23.0. The van der Waals surface area contributed by atoms with Crippen LogP contribution in [0.3, 0.4) is 0 Å². The van der Waals surface area contributed by atoms with Crippen molar-refractivity contribution in [3.63, 3.8) is 0 Å². The molecule has 3 N–H and O–H groups in total. The van der Waals surface area contributed by atoms with Crippen LogP contribution in [0.25, 0.3) is 0 Å². The summed E-state index contributed by atoms with van der Waals surface area (Å²) in [5.74, 6) is 1.04. The van der Waals surface area contributed by atoms with E-state index in [-0.39, 0.29) is 36.9 Å². The van der Waals surface area contributed by atoms with E-state index in [4.69, 9.17) is 15.2 Å². The van der Waals surface area contributed by atoms with Crippen LogP contribution >= 0.6 is 12.4 Å². The number of nitrogens with zero attached hydrogens (tertiary/aromatic N) is 1. The number of ether oxygens (including phenoxy) is 2. The Morgan fingerprint density at radius 2 is 1.93 bits per heavy atom. The third kappa shape index (κ3) is 7.27. The summed E-state index contributed by atoms with van der Waals surface area (Å²) >= 11 is 0. The maximum Gasteiger partial charge on any atom is 0.260 e. The van der Waals surface area contributed by atoms with E-state index in [1.54, 1.807) is 6.07 Å². The van der Waals surface area contributed by atoms with Crippen LogP contribution in [0.15, 0.2) is 24.3 Å². The van der Waals surface area contributed by atoms with Gasteiger partial charge in [0.05, 0.1) is 6.61 Å². The number of piperidine rings is 1. The maximum atomic E-state index is 12.6. The molecule has 1 aromatic rings. The molecule has 8 heteroatoms. The molecule has 1 aliphatic heterocycles. The van der Waals surface area contributed by atoms with Gasteiger partial charge >= 0.3 is 0 Å². The van der Waals surface area contributed by atoms with Gasteiger partial charge in [0.15, 0.2) is 18.1 Å². The fraction of sp³-hybridized carbons (Fsp3) is 0.579. The molecule has 152 valence electrons. The van der Waals surface area contributed by atoms with Crippen molar-refractivity contribution < 1.29 is 19.1 Å². The van der Waals surface area contributed by atoms with Gasteiger partial charge in [-0.2, -0.15) is 0 Å². The van der Waals surface area contributed by atoms with Gasteiger partial charge in [0.2, 0.25) is 5.91 Å². The highest BCUT2D eigenvalue weighted by molar-refractivity contribution is 5.85. The molecule has 1 unspecified atom stereocenters. The Morgan fingerprint density at radius 1 is 1.22 bits per heavy atom. The molecule has 1 fully saturated rings. The molecular weight excluding hydrogens is 370 g/mol. The molecular formula is C19H30ClN3O4. The van der Waals surface area contributed by atoms with Crippen molar-refractivity contribution in [3.8, 4) is 11.5 Å². The van der Waals surface area contributed by atoms with Crippen LogP contribution in [0.1, 0.15) is 32.6 Å². The second-order valence-corrected chi connectivity index (χ2v) is 6.25. The molecule has 1 heterocycles. The molecule has 1 saturated heterocycles. The first-order valence-corrected chi connectivity index (χ1v) is 9.26. The highest BCUT2D eigenvalue weighted by atomic mass is 35.5. The molecule has 0 radical (unpaired) electrons. The lowest BCUT2D eigenvalue weighted by Gasteiger charge is -2.35. The molecule has 0 aromatic heterocycles. The summed E-state index contributed by atoms with van der Waals surface area (Å²) in [6.07, 6.45) is 3.20.